The van der Waals surface area contributed by atoms with Crippen molar-refractivity contribution in [3.63, 3.8) is 0 Å². The number of hydrogen-bond acceptors (Lipinski definition) is 2. The van der Waals surface area contributed by atoms with Gasteiger partial charge < -0.3 is 10.6 Å². The van der Waals surface area contributed by atoms with E-state index in [1.165, 1.54) is 6.42 Å². The third-order valence-corrected chi connectivity index (χ3v) is 2.00. The fourth-order valence-electron chi connectivity index (χ4n) is 1.43. The largest absolute Gasteiger partial charge is 0.315 e. The van der Waals surface area contributed by atoms with Crippen LogP contribution in [0.15, 0.2) is 0 Å². The molecule has 1 rings (SSSR count). The average molecular weight is 152 g/mol. The molecular weight excluding hydrogens is 136 g/mol. The minimum atomic E-state index is 0.463. The van der Waals surface area contributed by atoms with Crippen molar-refractivity contribution in [2.45, 2.75) is 31.8 Å². The van der Waals surface area contributed by atoms with Crippen LogP contribution in [0, 0.1) is 12.3 Å². The molecule has 0 bridgehead atoms. The lowest BCUT2D eigenvalue weighted by Crippen LogP contribution is -2.37. The fourth-order valence-corrected chi connectivity index (χ4v) is 1.43. The lowest BCUT2D eigenvalue weighted by atomic mass is 10.2. The third kappa shape index (κ3) is 2.92. The van der Waals surface area contributed by atoms with Gasteiger partial charge in [0.2, 0.25) is 0 Å². The zero-order valence-corrected chi connectivity index (χ0v) is 7.06. The molecule has 2 atom stereocenters. The van der Waals surface area contributed by atoms with Crippen molar-refractivity contribution in [3.8, 4) is 12.3 Å². The van der Waals surface area contributed by atoms with Crippen LogP contribution in [-0.4, -0.2) is 25.2 Å². The summed E-state index contributed by atoms with van der Waals surface area (Å²) in [5, 5.41) is 6.78. The van der Waals surface area contributed by atoms with Crippen LogP contribution in [-0.2, 0) is 0 Å². The predicted molar refractivity (Wildman–Crippen MR) is 47.3 cm³/mol. The molecule has 0 amide bonds. The van der Waals surface area contributed by atoms with Crippen molar-refractivity contribution in [2.75, 3.05) is 13.1 Å². The maximum atomic E-state index is 5.20. The van der Waals surface area contributed by atoms with E-state index in [1.54, 1.807) is 0 Å². The Balaban J connectivity index is 2.14. The van der Waals surface area contributed by atoms with Crippen LogP contribution >= 0.6 is 0 Å². The Kier molecular flexibility index (Phi) is 3.41. The standard InChI is InChI=1S/C9H16N2/c1-3-4-8(2)11-9-5-6-10-7-9/h1,8-11H,4-7H2,2H3. The zero-order chi connectivity index (χ0) is 8.10. The zero-order valence-electron chi connectivity index (χ0n) is 7.06. The van der Waals surface area contributed by atoms with Crippen molar-refractivity contribution < 1.29 is 0 Å². The number of hydrogen-bond donors (Lipinski definition) is 2. The van der Waals surface area contributed by atoms with Crippen LogP contribution in [0.2, 0.25) is 0 Å². The molecule has 2 N–H and O–H groups in total. The van der Waals surface area contributed by atoms with Gasteiger partial charge >= 0.3 is 0 Å². The summed E-state index contributed by atoms with van der Waals surface area (Å²) in [6, 6.07) is 1.10. The van der Waals surface area contributed by atoms with E-state index in [9.17, 15) is 0 Å². The van der Waals surface area contributed by atoms with Gasteiger partial charge in [0.25, 0.3) is 0 Å². The molecule has 2 nitrogen and oxygen atoms in total. The van der Waals surface area contributed by atoms with E-state index in [1.807, 2.05) is 0 Å². The van der Waals surface area contributed by atoms with Gasteiger partial charge in [-0.3, -0.25) is 0 Å². The van der Waals surface area contributed by atoms with Crippen molar-refractivity contribution in [3.05, 3.63) is 0 Å². The molecule has 1 aliphatic heterocycles. The molecule has 0 aromatic heterocycles. The van der Waals surface area contributed by atoms with E-state index in [0.29, 0.717) is 12.1 Å². The van der Waals surface area contributed by atoms with Gasteiger partial charge in [0.05, 0.1) is 0 Å². The van der Waals surface area contributed by atoms with Gasteiger partial charge in [-0.1, -0.05) is 0 Å². The Bertz CT molecular complexity index is 142. The third-order valence-electron chi connectivity index (χ3n) is 2.00. The first kappa shape index (κ1) is 8.58. The van der Waals surface area contributed by atoms with Crippen LogP contribution in [0.25, 0.3) is 0 Å². The predicted octanol–water partition coefficient (Wildman–Crippen LogP) is 0.350. The van der Waals surface area contributed by atoms with E-state index >= 15 is 0 Å². The Labute approximate surface area is 68.8 Å². The summed E-state index contributed by atoms with van der Waals surface area (Å²) in [5.41, 5.74) is 0. The van der Waals surface area contributed by atoms with Crippen LogP contribution in [0.4, 0.5) is 0 Å². The van der Waals surface area contributed by atoms with Crippen molar-refractivity contribution in [1.29, 1.82) is 0 Å². The highest BCUT2D eigenvalue weighted by atomic mass is 15.0. The minimum Gasteiger partial charge on any atom is -0.315 e. The van der Waals surface area contributed by atoms with Gasteiger partial charge in [-0.25, -0.2) is 0 Å². The summed E-state index contributed by atoms with van der Waals surface area (Å²) in [6.07, 6.45) is 7.26. The molecule has 11 heavy (non-hydrogen) atoms. The molecule has 0 aliphatic carbocycles. The Morgan fingerprint density at radius 3 is 3.18 bits per heavy atom. The van der Waals surface area contributed by atoms with Crippen molar-refractivity contribution in [2.24, 2.45) is 0 Å². The van der Waals surface area contributed by atoms with Gasteiger partial charge in [-0.2, -0.15) is 0 Å². The van der Waals surface area contributed by atoms with Crippen LogP contribution < -0.4 is 10.6 Å². The van der Waals surface area contributed by atoms with Gasteiger partial charge in [0, 0.05) is 25.0 Å². The van der Waals surface area contributed by atoms with Gasteiger partial charge in [-0.05, 0) is 19.9 Å². The molecule has 2 heteroatoms. The molecule has 1 saturated heterocycles. The topological polar surface area (TPSA) is 24.1 Å². The van der Waals surface area contributed by atoms with Crippen LogP contribution in [0.5, 0.6) is 0 Å². The second kappa shape index (κ2) is 4.38. The molecule has 1 fully saturated rings. The SMILES string of the molecule is C#CCC(C)NC1CCNC1. The van der Waals surface area contributed by atoms with Crippen molar-refractivity contribution in [1.82, 2.24) is 10.6 Å². The maximum Gasteiger partial charge on any atom is 0.0238 e. The molecule has 1 aliphatic rings. The highest BCUT2D eigenvalue weighted by molar-refractivity contribution is 4.90. The average Bonchev–Trinajstić information content (AvgIpc) is 2.40. The van der Waals surface area contributed by atoms with E-state index in [2.05, 4.69) is 23.5 Å². The molecule has 0 radical (unpaired) electrons. The van der Waals surface area contributed by atoms with E-state index < -0.39 is 0 Å². The van der Waals surface area contributed by atoms with E-state index in [-0.39, 0.29) is 0 Å². The highest BCUT2D eigenvalue weighted by Crippen LogP contribution is 1.99. The first-order valence-corrected chi connectivity index (χ1v) is 4.23. The maximum absolute atomic E-state index is 5.20. The summed E-state index contributed by atoms with van der Waals surface area (Å²) >= 11 is 0. The van der Waals surface area contributed by atoms with Gasteiger partial charge in [0.1, 0.15) is 0 Å². The molecule has 1 heterocycles. The van der Waals surface area contributed by atoms with Crippen molar-refractivity contribution >= 4 is 0 Å². The lowest BCUT2D eigenvalue weighted by molar-refractivity contribution is 0.471. The highest BCUT2D eigenvalue weighted by Gasteiger charge is 2.15. The molecule has 0 aromatic rings. The number of rotatable bonds is 3. The minimum absolute atomic E-state index is 0.463. The number of nitrogens with one attached hydrogen (secondary N) is 2. The summed E-state index contributed by atoms with van der Waals surface area (Å²) in [5.74, 6) is 2.66. The molecule has 0 aromatic carbocycles. The second-order valence-electron chi connectivity index (χ2n) is 3.17. The molecule has 0 saturated carbocycles. The van der Waals surface area contributed by atoms with Crippen LogP contribution in [0.3, 0.4) is 0 Å². The first-order chi connectivity index (χ1) is 5.33. The van der Waals surface area contributed by atoms with Gasteiger partial charge in [-0.15, -0.1) is 12.3 Å². The Morgan fingerprint density at radius 2 is 2.64 bits per heavy atom. The monoisotopic (exact) mass is 152 g/mol. The summed E-state index contributed by atoms with van der Waals surface area (Å²) in [6.45, 7) is 4.37. The Morgan fingerprint density at radius 1 is 1.82 bits per heavy atom. The van der Waals surface area contributed by atoms with Crippen LogP contribution in [0.1, 0.15) is 19.8 Å². The molecule has 2 unspecified atom stereocenters. The Hall–Kier alpha value is -0.520. The summed E-state index contributed by atoms with van der Waals surface area (Å²) < 4.78 is 0. The van der Waals surface area contributed by atoms with E-state index in [4.69, 9.17) is 6.42 Å². The first-order valence-electron chi connectivity index (χ1n) is 4.23. The molecule has 0 spiro atoms. The van der Waals surface area contributed by atoms with E-state index in [0.717, 1.165) is 19.5 Å². The molecule has 62 valence electrons. The normalized spacial score (nSPS) is 26.4. The summed E-state index contributed by atoms with van der Waals surface area (Å²) in [4.78, 5) is 0. The molecular formula is C9H16N2. The quantitative estimate of drug-likeness (QED) is 0.570. The number of terminal acetylenes is 1. The fraction of sp³-hybridized carbons (Fsp3) is 0.778. The van der Waals surface area contributed by atoms with Gasteiger partial charge in [0.15, 0.2) is 0 Å². The second-order valence-corrected chi connectivity index (χ2v) is 3.17. The smallest absolute Gasteiger partial charge is 0.0238 e. The lowest BCUT2D eigenvalue weighted by Gasteiger charge is -2.16. The summed E-state index contributed by atoms with van der Waals surface area (Å²) in [7, 11) is 0.